The lowest BCUT2D eigenvalue weighted by Crippen LogP contribution is -2.45. The topological polar surface area (TPSA) is 70.2 Å². The molecular weight excluding hydrogens is 277 g/mol. The Balaban J connectivity index is 1.87. The average Bonchev–Trinajstić information content (AvgIpc) is 2.85. The number of likely N-dealkylation sites (N-methyl/N-ethyl adjacent to an activating group) is 1. The molecule has 2 N–H and O–H groups in total. The number of rotatable bonds is 3. The van der Waals surface area contributed by atoms with E-state index in [0.29, 0.717) is 19.2 Å². The number of morpholine rings is 1. The van der Waals surface area contributed by atoms with Crippen molar-refractivity contribution in [3.63, 3.8) is 0 Å². The number of halogens is 3. The summed E-state index contributed by atoms with van der Waals surface area (Å²) >= 11 is 0. The number of hydrogen-bond donors (Lipinski definition) is 2. The van der Waals surface area contributed by atoms with Crippen molar-refractivity contribution in [2.75, 3.05) is 33.3 Å². The summed E-state index contributed by atoms with van der Waals surface area (Å²) in [6.45, 7) is 2.28. The normalized spacial score (nSPS) is 20.9. The molecule has 112 valence electrons. The number of aromatic amines is 1. The molecule has 1 aromatic rings. The quantitative estimate of drug-likeness (QED) is 0.850. The second kappa shape index (κ2) is 5.80. The first-order chi connectivity index (χ1) is 9.36. The van der Waals surface area contributed by atoms with E-state index < -0.39 is 17.8 Å². The van der Waals surface area contributed by atoms with Crippen LogP contribution in [0.15, 0.2) is 6.07 Å². The molecule has 1 amide bonds. The largest absolute Gasteiger partial charge is 0.432 e. The molecule has 0 radical (unpaired) electrons. The highest BCUT2D eigenvalue weighted by molar-refractivity contribution is 5.92. The Morgan fingerprint density at radius 1 is 1.65 bits per heavy atom. The molecule has 0 unspecified atom stereocenters. The molecule has 2 heterocycles. The number of H-pyrrole nitrogens is 1. The van der Waals surface area contributed by atoms with Crippen molar-refractivity contribution in [3.05, 3.63) is 17.5 Å². The molecule has 2 rings (SSSR count). The smallest absolute Gasteiger partial charge is 0.374 e. The van der Waals surface area contributed by atoms with E-state index in [0.717, 1.165) is 6.54 Å². The average molecular weight is 292 g/mol. The second-order valence-corrected chi connectivity index (χ2v) is 4.63. The molecule has 1 aliphatic rings. The molecule has 20 heavy (non-hydrogen) atoms. The number of carbonyl (C=O) groups excluding carboxylic acids is 1. The molecule has 0 saturated carbocycles. The predicted octanol–water partition coefficient (Wildman–Crippen LogP) is 0.489. The molecule has 1 saturated heterocycles. The Labute approximate surface area is 113 Å². The van der Waals surface area contributed by atoms with E-state index in [4.69, 9.17) is 4.74 Å². The Morgan fingerprint density at radius 3 is 3.00 bits per heavy atom. The maximum absolute atomic E-state index is 12.4. The number of nitrogens with one attached hydrogen (secondary N) is 2. The van der Waals surface area contributed by atoms with Crippen molar-refractivity contribution < 1.29 is 22.7 Å². The number of ether oxygens (including phenoxy) is 1. The van der Waals surface area contributed by atoms with Crippen LogP contribution in [0.25, 0.3) is 0 Å². The number of aromatic nitrogens is 2. The zero-order valence-corrected chi connectivity index (χ0v) is 10.8. The third-order valence-corrected chi connectivity index (χ3v) is 2.95. The Bertz CT molecular complexity index is 474. The molecule has 1 atom stereocenters. The minimum absolute atomic E-state index is 0.168. The summed E-state index contributed by atoms with van der Waals surface area (Å²) < 4.78 is 42.5. The number of amides is 1. The maximum Gasteiger partial charge on any atom is 0.432 e. The van der Waals surface area contributed by atoms with Crippen molar-refractivity contribution >= 4 is 5.91 Å². The number of nitrogens with zero attached hydrogens (tertiary/aromatic N) is 2. The van der Waals surface area contributed by atoms with Gasteiger partial charge in [0.05, 0.1) is 12.7 Å². The van der Waals surface area contributed by atoms with Gasteiger partial charge in [-0.3, -0.25) is 9.89 Å². The van der Waals surface area contributed by atoms with E-state index in [9.17, 15) is 18.0 Å². The fraction of sp³-hybridized carbons (Fsp3) is 0.636. The lowest BCUT2D eigenvalue weighted by Gasteiger charge is -2.29. The van der Waals surface area contributed by atoms with E-state index in [-0.39, 0.29) is 18.3 Å². The summed E-state index contributed by atoms with van der Waals surface area (Å²) in [5.74, 6) is -0.659. The van der Waals surface area contributed by atoms with E-state index in [1.54, 1.807) is 5.10 Å². The monoisotopic (exact) mass is 292 g/mol. The highest BCUT2D eigenvalue weighted by atomic mass is 19.4. The van der Waals surface area contributed by atoms with Gasteiger partial charge >= 0.3 is 6.18 Å². The van der Waals surface area contributed by atoms with Gasteiger partial charge in [0.1, 0.15) is 5.69 Å². The van der Waals surface area contributed by atoms with Crippen LogP contribution in [0.1, 0.15) is 16.2 Å². The van der Waals surface area contributed by atoms with Gasteiger partial charge in [-0.25, -0.2) is 0 Å². The van der Waals surface area contributed by atoms with Crippen LogP contribution in [0.5, 0.6) is 0 Å². The van der Waals surface area contributed by atoms with Crippen LogP contribution < -0.4 is 5.32 Å². The van der Waals surface area contributed by atoms with E-state index >= 15 is 0 Å². The van der Waals surface area contributed by atoms with Gasteiger partial charge in [-0.05, 0) is 7.05 Å². The first-order valence-electron chi connectivity index (χ1n) is 6.07. The first-order valence-corrected chi connectivity index (χ1v) is 6.07. The van der Waals surface area contributed by atoms with Gasteiger partial charge < -0.3 is 15.0 Å². The van der Waals surface area contributed by atoms with Crippen LogP contribution in [0.3, 0.4) is 0 Å². The zero-order chi connectivity index (χ0) is 14.8. The molecule has 9 heteroatoms. The summed E-state index contributed by atoms with van der Waals surface area (Å²) in [5, 5.41) is 7.66. The molecule has 1 aromatic heterocycles. The molecular formula is C11H15F3N4O2. The predicted molar refractivity (Wildman–Crippen MR) is 63.2 cm³/mol. The van der Waals surface area contributed by atoms with Gasteiger partial charge in [-0.1, -0.05) is 0 Å². The third kappa shape index (κ3) is 3.70. The van der Waals surface area contributed by atoms with Crippen molar-refractivity contribution in [1.29, 1.82) is 0 Å². The summed E-state index contributed by atoms with van der Waals surface area (Å²) in [6.07, 6.45) is -4.71. The SMILES string of the molecule is CN1CCO[C@H](CNC(=O)c2cc(C(F)(F)F)[nH]n2)C1. The van der Waals surface area contributed by atoms with E-state index in [2.05, 4.69) is 15.3 Å². The van der Waals surface area contributed by atoms with Crippen molar-refractivity contribution in [3.8, 4) is 0 Å². The highest BCUT2D eigenvalue weighted by Crippen LogP contribution is 2.27. The van der Waals surface area contributed by atoms with Crippen LogP contribution in [-0.4, -0.2) is 60.4 Å². The maximum atomic E-state index is 12.4. The fourth-order valence-electron chi connectivity index (χ4n) is 1.87. The standard InChI is InChI=1S/C11H15F3N4O2/c1-18-2-3-20-7(6-18)5-15-10(19)8-4-9(17-16-8)11(12,13)14/h4,7H,2-3,5-6H2,1H3,(H,15,19)(H,16,17)/t7-/m1/s1. The summed E-state index contributed by atoms with van der Waals surface area (Å²) in [4.78, 5) is 13.7. The van der Waals surface area contributed by atoms with Crippen molar-refractivity contribution in [2.24, 2.45) is 0 Å². The zero-order valence-electron chi connectivity index (χ0n) is 10.8. The highest BCUT2D eigenvalue weighted by Gasteiger charge is 2.33. The molecule has 1 aliphatic heterocycles. The molecule has 0 aromatic carbocycles. The number of alkyl halides is 3. The number of hydrogen-bond acceptors (Lipinski definition) is 4. The van der Waals surface area contributed by atoms with E-state index in [1.165, 1.54) is 0 Å². The van der Waals surface area contributed by atoms with Crippen LogP contribution >= 0.6 is 0 Å². The second-order valence-electron chi connectivity index (χ2n) is 4.63. The Hall–Kier alpha value is -1.61. The minimum Gasteiger partial charge on any atom is -0.374 e. The van der Waals surface area contributed by atoms with Crippen LogP contribution in [0, 0.1) is 0 Å². The molecule has 0 aliphatic carbocycles. The molecule has 6 nitrogen and oxygen atoms in total. The van der Waals surface area contributed by atoms with Crippen LogP contribution in [-0.2, 0) is 10.9 Å². The third-order valence-electron chi connectivity index (χ3n) is 2.95. The van der Waals surface area contributed by atoms with Gasteiger partial charge in [0.15, 0.2) is 5.69 Å². The lowest BCUT2D eigenvalue weighted by atomic mass is 10.2. The summed E-state index contributed by atoms with van der Waals surface area (Å²) in [6, 6.07) is 0.684. The lowest BCUT2D eigenvalue weighted by molar-refractivity contribution is -0.141. The summed E-state index contributed by atoms with van der Waals surface area (Å²) in [5.41, 5.74) is -1.34. The minimum atomic E-state index is -4.54. The van der Waals surface area contributed by atoms with Gasteiger partial charge in [0.2, 0.25) is 0 Å². The van der Waals surface area contributed by atoms with E-state index in [1.807, 2.05) is 7.05 Å². The van der Waals surface area contributed by atoms with Crippen molar-refractivity contribution in [1.82, 2.24) is 20.4 Å². The Morgan fingerprint density at radius 2 is 2.40 bits per heavy atom. The fourth-order valence-corrected chi connectivity index (χ4v) is 1.87. The molecule has 1 fully saturated rings. The van der Waals surface area contributed by atoms with Crippen LogP contribution in [0.2, 0.25) is 0 Å². The number of carbonyl (C=O) groups is 1. The van der Waals surface area contributed by atoms with Crippen LogP contribution in [0.4, 0.5) is 13.2 Å². The first kappa shape index (κ1) is 14.8. The molecule has 0 spiro atoms. The van der Waals surface area contributed by atoms with Gasteiger partial charge in [-0.2, -0.15) is 18.3 Å². The molecule has 0 bridgehead atoms. The van der Waals surface area contributed by atoms with Gasteiger partial charge in [0, 0.05) is 25.7 Å². The van der Waals surface area contributed by atoms with Gasteiger partial charge in [0.25, 0.3) is 5.91 Å². The van der Waals surface area contributed by atoms with Crippen molar-refractivity contribution in [2.45, 2.75) is 12.3 Å². The van der Waals surface area contributed by atoms with Gasteiger partial charge in [-0.15, -0.1) is 0 Å². The Kier molecular flexibility index (Phi) is 4.29. The summed E-state index contributed by atoms with van der Waals surface area (Å²) in [7, 11) is 1.93.